The van der Waals surface area contributed by atoms with Gasteiger partial charge in [0.05, 0.1) is 11.4 Å². The molecule has 2 aliphatic rings. The van der Waals surface area contributed by atoms with Crippen LogP contribution in [0.1, 0.15) is 85.4 Å². The predicted molar refractivity (Wildman–Crippen MR) is 228 cm³/mol. The maximum absolute atomic E-state index is 6.56. The van der Waals surface area contributed by atoms with E-state index in [1.807, 2.05) is 0 Å². The topological polar surface area (TPSA) is 29.5 Å². The lowest BCUT2D eigenvalue weighted by atomic mass is 9.66. The Balaban J connectivity index is 1.07. The monoisotopic (exact) mass is 713 g/mol. The number of hydrogen-bond donors (Lipinski definition) is 0. The molecule has 0 radical (unpaired) electrons. The van der Waals surface area contributed by atoms with Crippen LogP contribution >= 0.6 is 0 Å². The highest BCUT2D eigenvalue weighted by atomic mass is 16.3. The van der Waals surface area contributed by atoms with Crippen molar-refractivity contribution in [2.24, 2.45) is 0 Å². The molecular weight excluding hydrogens is 671 g/mol. The third-order valence-electron chi connectivity index (χ3n) is 13.3. The summed E-state index contributed by atoms with van der Waals surface area (Å²) < 4.78 is 13.1. The van der Waals surface area contributed by atoms with Crippen molar-refractivity contribution in [3.05, 3.63) is 185 Å². The molecule has 2 atom stereocenters. The van der Waals surface area contributed by atoms with E-state index in [9.17, 15) is 0 Å². The zero-order valence-electron chi connectivity index (χ0n) is 32.0. The van der Waals surface area contributed by atoms with Crippen molar-refractivity contribution < 1.29 is 8.83 Å². The van der Waals surface area contributed by atoms with Crippen LogP contribution in [0.25, 0.3) is 43.9 Å². The van der Waals surface area contributed by atoms with Gasteiger partial charge < -0.3 is 13.7 Å². The predicted octanol–water partition coefficient (Wildman–Crippen LogP) is 14.4. The van der Waals surface area contributed by atoms with Gasteiger partial charge in [-0.3, -0.25) is 0 Å². The van der Waals surface area contributed by atoms with Crippen LogP contribution in [0, 0.1) is 0 Å². The van der Waals surface area contributed by atoms with Gasteiger partial charge in [-0.15, -0.1) is 0 Å². The van der Waals surface area contributed by atoms with Crippen molar-refractivity contribution in [3.63, 3.8) is 0 Å². The molecule has 0 bridgehead atoms. The fourth-order valence-electron chi connectivity index (χ4n) is 10.3. The van der Waals surface area contributed by atoms with Crippen LogP contribution in [0.15, 0.2) is 154 Å². The van der Waals surface area contributed by atoms with E-state index < -0.39 is 0 Å². The van der Waals surface area contributed by atoms with Crippen molar-refractivity contribution in [1.29, 1.82) is 0 Å². The molecule has 11 rings (SSSR count). The second-order valence-electron chi connectivity index (χ2n) is 16.9. The molecule has 0 saturated carbocycles. The molecule has 0 N–H and O–H groups in total. The van der Waals surface area contributed by atoms with Gasteiger partial charge >= 0.3 is 0 Å². The Morgan fingerprint density at radius 1 is 0.491 bits per heavy atom. The molecule has 268 valence electrons. The molecule has 0 fully saturated rings. The number of anilines is 3. The molecule has 9 aromatic rings. The summed E-state index contributed by atoms with van der Waals surface area (Å²) in [6, 6.07) is 53.7. The second-order valence-corrected chi connectivity index (χ2v) is 16.9. The number of furan rings is 2. The smallest absolute Gasteiger partial charge is 0.139 e. The molecule has 3 heteroatoms. The van der Waals surface area contributed by atoms with Crippen LogP contribution in [-0.2, 0) is 17.3 Å². The third kappa shape index (κ3) is 4.62. The molecular formula is C52H43NO2. The Morgan fingerprint density at radius 2 is 1.02 bits per heavy atom. The normalized spacial score (nSPS) is 18.5. The Morgan fingerprint density at radius 3 is 1.71 bits per heavy atom. The largest absolute Gasteiger partial charge is 0.456 e. The molecule has 3 nitrogen and oxygen atoms in total. The van der Waals surface area contributed by atoms with Crippen molar-refractivity contribution >= 4 is 60.9 Å². The minimum Gasteiger partial charge on any atom is -0.456 e. The summed E-state index contributed by atoms with van der Waals surface area (Å²) in [5, 5.41) is 4.47. The molecule has 3 heterocycles. The molecule has 1 aliphatic carbocycles. The van der Waals surface area contributed by atoms with Crippen LogP contribution in [0.2, 0.25) is 0 Å². The summed E-state index contributed by atoms with van der Waals surface area (Å²) in [6.07, 6.45) is 0.982. The molecule has 0 amide bonds. The SMILES string of the molecule is CC1c2ccccc2C(C)(C)c2ccccc2CC1c1ccc2oc3cc4oc5ccc(N6c7ccccc7C(C)(C)c7ccccc76)cc5c4cc3c2c1. The highest BCUT2D eigenvalue weighted by Crippen LogP contribution is 2.53. The third-order valence-corrected chi connectivity index (χ3v) is 13.3. The van der Waals surface area contributed by atoms with Gasteiger partial charge in [0.1, 0.15) is 22.3 Å². The van der Waals surface area contributed by atoms with Crippen LogP contribution in [0.3, 0.4) is 0 Å². The van der Waals surface area contributed by atoms with Gasteiger partial charge in [0.25, 0.3) is 0 Å². The van der Waals surface area contributed by atoms with E-state index in [-0.39, 0.29) is 10.8 Å². The summed E-state index contributed by atoms with van der Waals surface area (Å²) >= 11 is 0. The molecule has 1 aliphatic heterocycles. The highest BCUT2D eigenvalue weighted by Gasteiger charge is 2.37. The molecule has 2 aromatic heterocycles. The number of benzene rings is 7. The zero-order valence-corrected chi connectivity index (χ0v) is 32.0. The van der Waals surface area contributed by atoms with E-state index in [1.165, 1.54) is 50.3 Å². The number of hydrogen-bond acceptors (Lipinski definition) is 3. The first kappa shape index (κ1) is 32.4. The average molecular weight is 714 g/mol. The summed E-state index contributed by atoms with van der Waals surface area (Å²) in [7, 11) is 0. The second kappa shape index (κ2) is 11.5. The van der Waals surface area contributed by atoms with E-state index >= 15 is 0 Å². The maximum atomic E-state index is 6.56. The fraction of sp³-hybridized carbons (Fsp3) is 0.192. The first-order valence-electron chi connectivity index (χ1n) is 19.7. The van der Waals surface area contributed by atoms with Crippen LogP contribution in [0.5, 0.6) is 0 Å². The van der Waals surface area contributed by atoms with E-state index in [0.29, 0.717) is 11.8 Å². The van der Waals surface area contributed by atoms with Crippen LogP contribution < -0.4 is 4.90 Å². The van der Waals surface area contributed by atoms with Gasteiger partial charge in [-0.1, -0.05) is 126 Å². The van der Waals surface area contributed by atoms with Gasteiger partial charge in [0.15, 0.2) is 0 Å². The van der Waals surface area contributed by atoms with Crippen molar-refractivity contribution in [1.82, 2.24) is 0 Å². The molecule has 0 spiro atoms. The van der Waals surface area contributed by atoms with E-state index in [2.05, 4.69) is 185 Å². The maximum Gasteiger partial charge on any atom is 0.139 e. The van der Waals surface area contributed by atoms with Gasteiger partial charge in [-0.2, -0.15) is 0 Å². The molecule has 7 aromatic carbocycles. The number of rotatable bonds is 2. The molecule has 0 saturated heterocycles. The lowest BCUT2D eigenvalue weighted by molar-refractivity contribution is 0.521. The number of nitrogens with zero attached hydrogens (tertiary/aromatic N) is 1. The van der Waals surface area contributed by atoms with Crippen molar-refractivity contribution in [2.45, 2.75) is 63.7 Å². The summed E-state index contributed by atoms with van der Waals surface area (Å²) in [5.41, 5.74) is 16.5. The van der Waals surface area contributed by atoms with Gasteiger partial charge in [0, 0.05) is 44.1 Å². The first-order chi connectivity index (χ1) is 26.7. The lowest BCUT2D eigenvalue weighted by Gasteiger charge is -2.42. The first-order valence-corrected chi connectivity index (χ1v) is 19.7. The van der Waals surface area contributed by atoms with Crippen molar-refractivity contribution in [2.75, 3.05) is 4.90 Å². The lowest BCUT2D eigenvalue weighted by Crippen LogP contribution is -2.30. The fourth-order valence-corrected chi connectivity index (χ4v) is 10.3. The van der Waals surface area contributed by atoms with Crippen molar-refractivity contribution in [3.8, 4) is 0 Å². The molecule has 55 heavy (non-hydrogen) atoms. The van der Waals surface area contributed by atoms with Gasteiger partial charge in [-0.05, 0) is 106 Å². The Hall–Kier alpha value is -6.06. The Bertz CT molecular complexity index is 2960. The summed E-state index contributed by atoms with van der Waals surface area (Å²) in [6.45, 7) is 11.9. The highest BCUT2D eigenvalue weighted by molar-refractivity contribution is 6.15. The zero-order chi connectivity index (χ0) is 37.2. The quantitative estimate of drug-likeness (QED) is 0.179. The average Bonchev–Trinajstić information content (AvgIpc) is 3.75. The minimum atomic E-state index is -0.111. The Labute approximate surface area is 321 Å². The molecule has 2 unspecified atom stereocenters. The minimum absolute atomic E-state index is 0.0763. The standard InChI is InChI=1S/C52H43NO2/c1-31-35-15-7-9-17-42(35)51(2,3)41-16-8-6-14-33(41)27-36(31)32-22-24-47-37(26-32)39-29-40-38-28-34(23-25-48(38)55-50(40)30-49(39)54-47)53-45-20-12-10-18-43(45)52(4,5)44-19-11-13-21-46(44)53/h6-26,28-31,36H,27H2,1-5H3. The Kier molecular flexibility index (Phi) is 6.76. The van der Waals surface area contributed by atoms with Crippen LogP contribution in [0.4, 0.5) is 17.1 Å². The van der Waals surface area contributed by atoms with E-state index in [0.717, 1.165) is 56.0 Å². The summed E-state index contributed by atoms with van der Waals surface area (Å²) in [5.74, 6) is 0.632. The van der Waals surface area contributed by atoms with Gasteiger partial charge in [0.2, 0.25) is 0 Å². The van der Waals surface area contributed by atoms with Gasteiger partial charge in [-0.25, -0.2) is 0 Å². The van der Waals surface area contributed by atoms with E-state index in [1.54, 1.807) is 0 Å². The number of para-hydroxylation sites is 2. The number of fused-ring (bicyclic) bond motifs is 10. The summed E-state index contributed by atoms with van der Waals surface area (Å²) in [4.78, 5) is 2.42. The van der Waals surface area contributed by atoms with Crippen LogP contribution in [-0.4, -0.2) is 0 Å². The van der Waals surface area contributed by atoms with E-state index in [4.69, 9.17) is 8.83 Å².